The molecule has 0 aromatic rings. The summed E-state index contributed by atoms with van der Waals surface area (Å²) >= 11 is 2.28. The molecule has 0 aromatic carbocycles. The molecule has 0 bridgehead atoms. The number of alkyl halides is 1. The number of nitrogens with zero attached hydrogens (tertiary/aromatic N) is 1. The Balaban J connectivity index is 2.68. The van der Waals surface area contributed by atoms with Gasteiger partial charge in [0.25, 0.3) is 0 Å². The van der Waals surface area contributed by atoms with Gasteiger partial charge in [-0.25, -0.2) is 0 Å². The molecule has 1 fully saturated rings. The summed E-state index contributed by atoms with van der Waals surface area (Å²) in [6.07, 6.45) is 2.32. The van der Waals surface area contributed by atoms with Crippen LogP contribution in [0.2, 0.25) is 0 Å². The first-order chi connectivity index (χ1) is 6.45. The lowest BCUT2D eigenvalue weighted by Gasteiger charge is -2.29. The molecule has 82 valence electrons. The van der Waals surface area contributed by atoms with Crippen molar-refractivity contribution in [3.63, 3.8) is 0 Å². The van der Waals surface area contributed by atoms with Crippen LogP contribution in [0.3, 0.4) is 0 Å². The average Bonchev–Trinajstić information content (AvgIpc) is 2.44. The van der Waals surface area contributed by atoms with Crippen LogP contribution in [0, 0.1) is 5.92 Å². The molecule has 2 unspecified atom stereocenters. The maximum Gasteiger partial charge on any atom is 0.236 e. The molecule has 0 aromatic heterocycles. The highest BCUT2D eigenvalue weighted by atomic mass is 127. The van der Waals surface area contributed by atoms with E-state index in [1.165, 1.54) is 0 Å². The van der Waals surface area contributed by atoms with Crippen molar-refractivity contribution in [2.75, 3.05) is 0 Å². The van der Waals surface area contributed by atoms with Crippen LogP contribution in [0.25, 0.3) is 0 Å². The van der Waals surface area contributed by atoms with E-state index in [0.29, 0.717) is 23.9 Å². The fraction of sp³-hybridized carbons (Fsp3) is 0.909. The summed E-state index contributed by atoms with van der Waals surface area (Å²) in [6.45, 7) is 8.54. The largest absolute Gasteiger partial charge is 0.336 e. The van der Waals surface area contributed by atoms with Crippen molar-refractivity contribution in [2.24, 2.45) is 5.92 Å². The zero-order valence-corrected chi connectivity index (χ0v) is 11.6. The van der Waals surface area contributed by atoms with E-state index in [9.17, 15) is 4.79 Å². The summed E-state index contributed by atoms with van der Waals surface area (Å²) in [5.41, 5.74) is 0. The summed E-state index contributed by atoms with van der Waals surface area (Å²) in [6, 6.07) is 0.877. The van der Waals surface area contributed by atoms with Gasteiger partial charge < -0.3 is 4.90 Å². The maximum absolute atomic E-state index is 12.1. The van der Waals surface area contributed by atoms with Gasteiger partial charge >= 0.3 is 0 Å². The predicted octanol–water partition coefficient (Wildman–Crippen LogP) is 2.85. The fourth-order valence-electron chi connectivity index (χ4n) is 2.06. The molecule has 1 aliphatic rings. The lowest BCUT2D eigenvalue weighted by Crippen LogP contribution is -2.44. The summed E-state index contributed by atoms with van der Waals surface area (Å²) in [7, 11) is 0. The Labute approximate surface area is 101 Å². The Bertz CT molecular complexity index is 207. The van der Waals surface area contributed by atoms with Crippen LogP contribution in [0.4, 0.5) is 0 Å². The van der Waals surface area contributed by atoms with E-state index in [0.717, 1.165) is 12.8 Å². The van der Waals surface area contributed by atoms with Gasteiger partial charge in [0.15, 0.2) is 0 Å². The summed E-state index contributed by atoms with van der Waals surface area (Å²) < 4.78 is 0.135. The van der Waals surface area contributed by atoms with Crippen molar-refractivity contribution in [3.8, 4) is 0 Å². The molecular formula is C11H20INO. The molecule has 2 nitrogen and oxygen atoms in total. The zero-order chi connectivity index (χ0) is 10.9. The molecule has 3 heteroatoms. The number of halogens is 1. The van der Waals surface area contributed by atoms with Crippen molar-refractivity contribution in [1.82, 2.24) is 4.90 Å². The predicted molar refractivity (Wildman–Crippen MR) is 67.7 cm³/mol. The molecule has 0 saturated carbocycles. The van der Waals surface area contributed by atoms with Gasteiger partial charge in [0.05, 0.1) is 3.92 Å². The Morgan fingerprint density at radius 3 is 2.07 bits per heavy atom. The van der Waals surface area contributed by atoms with Crippen molar-refractivity contribution in [2.45, 2.75) is 56.5 Å². The van der Waals surface area contributed by atoms with E-state index in [-0.39, 0.29) is 3.92 Å². The number of carbonyl (C=O) groups is 1. The first-order valence-electron chi connectivity index (χ1n) is 5.41. The lowest BCUT2D eigenvalue weighted by molar-refractivity contribution is -0.133. The van der Waals surface area contributed by atoms with Gasteiger partial charge in [-0.3, -0.25) is 4.79 Å². The molecule has 3 atom stereocenters. The van der Waals surface area contributed by atoms with Gasteiger partial charge in [0, 0.05) is 12.1 Å². The lowest BCUT2D eigenvalue weighted by atomic mass is 10.1. The van der Waals surface area contributed by atoms with Gasteiger partial charge in [-0.2, -0.15) is 0 Å². The second-order valence-corrected chi connectivity index (χ2v) is 6.01. The van der Waals surface area contributed by atoms with E-state index in [1.807, 2.05) is 0 Å². The zero-order valence-electron chi connectivity index (χ0n) is 9.46. The number of carbonyl (C=O) groups excluding carboxylic acids is 1. The SMILES string of the molecule is CC(C)C(I)C(=O)N1C(C)CC[C@H]1C. The molecule has 14 heavy (non-hydrogen) atoms. The van der Waals surface area contributed by atoms with E-state index in [1.54, 1.807) is 0 Å². The standard InChI is InChI=1S/C11H20INO/c1-7(2)10(12)11(14)13-8(3)5-6-9(13)4/h7-10H,5-6H2,1-4H3/t8-,9?,10?/m1/s1. The topological polar surface area (TPSA) is 20.3 Å². The summed E-state index contributed by atoms with van der Waals surface area (Å²) in [4.78, 5) is 14.2. The van der Waals surface area contributed by atoms with Crippen LogP contribution in [0.5, 0.6) is 0 Å². The van der Waals surface area contributed by atoms with Crippen LogP contribution in [0.15, 0.2) is 0 Å². The van der Waals surface area contributed by atoms with Crippen LogP contribution < -0.4 is 0 Å². The molecule has 1 rings (SSSR count). The van der Waals surface area contributed by atoms with Crippen LogP contribution >= 0.6 is 22.6 Å². The highest BCUT2D eigenvalue weighted by molar-refractivity contribution is 14.1. The Kier molecular flexibility index (Phi) is 4.22. The average molecular weight is 309 g/mol. The van der Waals surface area contributed by atoms with Gasteiger partial charge in [0.1, 0.15) is 0 Å². The molecule has 0 aliphatic carbocycles. The minimum Gasteiger partial charge on any atom is -0.336 e. The molecular weight excluding hydrogens is 289 g/mol. The molecule has 0 N–H and O–H groups in total. The molecule has 0 spiro atoms. The number of amides is 1. The monoisotopic (exact) mass is 309 g/mol. The quantitative estimate of drug-likeness (QED) is 0.567. The van der Waals surface area contributed by atoms with Crippen molar-refractivity contribution in [3.05, 3.63) is 0 Å². The minimum atomic E-state index is 0.135. The van der Waals surface area contributed by atoms with E-state index >= 15 is 0 Å². The third-order valence-electron chi connectivity index (χ3n) is 3.03. The van der Waals surface area contributed by atoms with Crippen molar-refractivity contribution >= 4 is 28.5 Å². The minimum absolute atomic E-state index is 0.135. The number of hydrogen-bond donors (Lipinski definition) is 0. The first-order valence-corrected chi connectivity index (χ1v) is 6.66. The second kappa shape index (κ2) is 4.81. The number of rotatable bonds is 2. The van der Waals surface area contributed by atoms with Crippen LogP contribution in [0.1, 0.15) is 40.5 Å². The highest BCUT2D eigenvalue weighted by Gasteiger charge is 2.34. The Hall–Kier alpha value is 0.200. The number of likely N-dealkylation sites (tertiary alicyclic amines) is 1. The Morgan fingerprint density at radius 1 is 1.29 bits per heavy atom. The van der Waals surface area contributed by atoms with Crippen LogP contribution in [-0.2, 0) is 4.79 Å². The summed E-state index contributed by atoms with van der Waals surface area (Å²) in [5.74, 6) is 0.765. The molecule has 1 heterocycles. The number of hydrogen-bond acceptors (Lipinski definition) is 1. The van der Waals surface area contributed by atoms with Crippen molar-refractivity contribution < 1.29 is 4.79 Å². The third kappa shape index (κ3) is 2.41. The molecule has 1 aliphatic heterocycles. The normalized spacial score (nSPS) is 29.7. The van der Waals surface area contributed by atoms with Gasteiger partial charge in [0.2, 0.25) is 5.91 Å². The first kappa shape index (κ1) is 12.3. The summed E-state index contributed by atoms with van der Waals surface area (Å²) in [5, 5.41) is 0. The fourth-order valence-corrected chi connectivity index (χ4v) is 2.38. The maximum atomic E-state index is 12.1. The highest BCUT2D eigenvalue weighted by Crippen LogP contribution is 2.27. The van der Waals surface area contributed by atoms with Gasteiger partial charge in [-0.15, -0.1) is 0 Å². The molecule has 1 amide bonds. The van der Waals surface area contributed by atoms with E-state index in [2.05, 4.69) is 55.2 Å². The third-order valence-corrected chi connectivity index (χ3v) is 5.00. The molecule has 1 saturated heterocycles. The van der Waals surface area contributed by atoms with Gasteiger partial charge in [-0.1, -0.05) is 36.4 Å². The van der Waals surface area contributed by atoms with E-state index in [4.69, 9.17) is 0 Å². The Morgan fingerprint density at radius 2 is 1.71 bits per heavy atom. The van der Waals surface area contributed by atoms with Crippen LogP contribution in [-0.4, -0.2) is 26.8 Å². The second-order valence-electron chi connectivity index (χ2n) is 4.67. The smallest absolute Gasteiger partial charge is 0.236 e. The molecule has 0 radical (unpaired) electrons. The van der Waals surface area contributed by atoms with E-state index < -0.39 is 0 Å². The van der Waals surface area contributed by atoms with Crippen molar-refractivity contribution in [1.29, 1.82) is 0 Å². The van der Waals surface area contributed by atoms with Gasteiger partial charge in [-0.05, 0) is 32.6 Å².